The van der Waals surface area contributed by atoms with Gasteiger partial charge in [0.1, 0.15) is 23.9 Å². The van der Waals surface area contributed by atoms with E-state index >= 15 is 0 Å². The Morgan fingerprint density at radius 2 is 1.49 bits per heavy atom. The van der Waals surface area contributed by atoms with Crippen LogP contribution in [0.1, 0.15) is 54.2 Å². The Labute approximate surface area is 230 Å². The molecule has 0 spiro atoms. The summed E-state index contributed by atoms with van der Waals surface area (Å²) in [6, 6.07) is 31.3. The van der Waals surface area contributed by atoms with Gasteiger partial charge in [-0.05, 0) is 54.7 Å². The van der Waals surface area contributed by atoms with Crippen LogP contribution in [0.5, 0.6) is 0 Å². The zero-order valence-electron chi connectivity index (χ0n) is 21.5. The van der Waals surface area contributed by atoms with Gasteiger partial charge in [-0.1, -0.05) is 91.0 Å². The molecule has 0 aliphatic heterocycles. The molecule has 0 unspecified atom stereocenters. The van der Waals surface area contributed by atoms with Gasteiger partial charge in [-0.2, -0.15) is 0 Å². The number of aryl methyl sites for hydroxylation is 2. The smallest absolute Gasteiger partial charge is 0.253 e. The van der Waals surface area contributed by atoms with Crippen molar-refractivity contribution < 1.29 is 26.3 Å². The molecule has 1 amide bonds. The molecule has 5 rings (SSSR count). The maximum atomic E-state index is 13.4. The van der Waals surface area contributed by atoms with E-state index in [1.807, 2.05) is 36.4 Å². The van der Waals surface area contributed by atoms with E-state index in [9.17, 15) is 4.79 Å². The Bertz CT molecular complexity index is 1250. The Kier molecular flexibility index (Phi) is 8.65. The van der Waals surface area contributed by atoms with E-state index < -0.39 is 5.41 Å². The summed E-state index contributed by atoms with van der Waals surface area (Å²) in [5, 5.41) is 0. The van der Waals surface area contributed by atoms with Crippen molar-refractivity contribution in [1.82, 2.24) is 4.57 Å². The first-order chi connectivity index (χ1) is 17.6. The van der Waals surface area contributed by atoms with Gasteiger partial charge in [0, 0.05) is 6.92 Å². The third-order valence-corrected chi connectivity index (χ3v) is 8.16. The quantitative estimate of drug-likeness (QED) is 0.316. The van der Waals surface area contributed by atoms with Gasteiger partial charge in [0.15, 0.2) is 0 Å². The normalized spacial score (nSPS) is 17.3. The second kappa shape index (κ2) is 11.9. The fraction of sp³-hybridized carbons (Fsp3) is 0.312. The molecule has 192 valence electrons. The fourth-order valence-electron chi connectivity index (χ4n) is 6.37. The summed E-state index contributed by atoms with van der Waals surface area (Å²) in [5.74, 6) is 1.15. The van der Waals surface area contributed by atoms with Gasteiger partial charge < -0.3 is 22.7 Å². The number of rotatable bonds is 9. The topological polar surface area (TPSA) is 51.9 Å². The van der Waals surface area contributed by atoms with Crippen LogP contribution in [0.15, 0.2) is 103 Å². The number of hydrogen-bond acceptors (Lipinski definition) is 1. The number of carbonyl (C=O) groups is 1. The number of carbonyl (C=O) groups excluding carboxylic acids is 1. The molecule has 1 aliphatic rings. The first kappa shape index (κ1) is 26.9. The van der Waals surface area contributed by atoms with Crippen LogP contribution in [0.25, 0.3) is 0 Å². The van der Waals surface area contributed by atoms with E-state index in [0.717, 1.165) is 49.8 Å². The van der Waals surface area contributed by atoms with Crippen LogP contribution in [0, 0.1) is 12.8 Å². The first-order valence-electron chi connectivity index (χ1n) is 13.1. The molecule has 37 heavy (non-hydrogen) atoms. The van der Waals surface area contributed by atoms with Gasteiger partial charge in [0.2, 0.25) is 5.91 Å². The van der Waals surface area contributed by atoms with E-state index in [-0.39, 0.29) is 28.8 Å². The lowest BCUT2D eigenvalue weighted by Gasteiger charge is -2.37. The van der Waals surface area contributed by atoms with E-state index in [1.54, 1.807) is 0 Å². The Morgan fingerprint density at radius 3 is 2.05 bits per heavy atom. The molecule has 1 heterocycles. The van der Waals surface area contributed by atoms with E-state index in [4.69, 9.17) is 5.73 Å². The molecule has 1 aliphatic carbocycles. The lowest BCUT2D eigenvalue weighted by atomic mass is 9.64. The van der Waals surface area contributed by atoms with Gasteiger partial charge >= 0.3 is 0 Å². The number of nitrogens with zero attached hydrogens (tertiary/aromatic N) is 2. The van der Waals surface area contributed by atoms with Crippen molar-refractivity contribution in [3.05, 3.63) is 126 Å². The summed E-state index contributed by atoms with van der Waals surface area (Å²) in [6.07, 6.45) is 9.55. The van der Waals surface area contributed by atoms with Gasteiger partial charge in [-0.3, -0.25) is 4.79 Å². The molecule has 1 saturated carbocycles. The molecular formula is C32H36BrN3O. The Balaban J connectivity index is 0.00000320. The van der Waals surface area contributed by atoms with Crippen LogP contribution in [-0.4, -0.2) is 10.5 Å². The molecule has 4 nitrogen and oxygen atoms in total. The number of hydrogen-bond donors (Lipinski definition) is 1. The van der Waals surface area contributed by atoms with Crippen molar-refractivity contribution >= 4 is 5.91 Å². The molecule has 2 N–H and O–H groups in total. The van der Waals surface area contributed by atoms with Gasteiger partial charge in [-0.25, -0.2) is 9.13 Å². The molecule has 1 fully saturated rings. The fourth-order valence-corrected chi connectivity index (χ4v) is 6.37. The van der Waals surface area contributed by atoms with Crippen molar-refractivity contribution in [1.29, 1.82) is 0 Å². The van der Waals surface area contributed by atoms with Crippen LogP contribution < -0.4 is 27.3 Å². The highest BCUT2D eigenvalue weighted by Crippen LogP contribution is 2.49. The van der Waals surface area contributed by atoms with Crippen LogP contribution in [0.4, 0.5) is 0 Å². The summed E-state index contributed by atoms with van der Waals surface area (Å²) >= 11 is 0. The lowest BCUT2D eigenvalue weighted by molar-refractivity contribution is -0.702. The Hall–Kier alpha value is -3.18. The zero-order valence-corrected chi connectivity index (χ0v) is 23.1. The zero-order chi connectivity index (χ0) is 25.0. The average Bonchev–Trinajstić information content (AvgIpc) is 3.53. The third kappa shape index (κ3) is 5.28. The summed E-state index contributed by atoms with van der Waals surface area (Å²) in [4.78, 5) is 13.4. The maximum Gasteiger partial charge on any atom is 0.253 e. The molecule has 0 saturated heterocycles. The highest BCUT2D eigenvalue weighted by molar-refractivity contribution is 5.91. The van der Waals surface area contributed by atoms with Crippen molar-refractivity contribution in [3.8, 4) is 0 Å². The van der Waals surface area contributed by atoms with Gasteiger partial charge in [0.25, 0.3) is 5.82 Å². The monoisotopic (exact) mass is 557 g/mol. The van der Waals surface area contributed by atoms with Gasteiger partial charge in [-0.15, -0.1) is 0 Å². The van der Waals surface area contributed by atoms with Crippen LogP contribution in [0.2, 0.25) is 0 Å². The summed E-state index contributed by atoms with van der Waals surface area (Å²) in [6.45, 7) is 3.22. The van der Waals surface area contributed by atoms with E-state index in [1.165, 1.54) is 11.4 Å². The first-order valence-corrected chi connectivity index (χ1v) is 13.1. The number of amides is 1. The van der Waals surface area contributed by atoms with Crippen LogP contribution in [0.3, 0.4) is 0 Å². The predicted molar refractivity (Wildman–Crippen MR) is 143 cm³/mol. The third-order valence-electron chi connectivity index (χ3n) is 8.16. The minimum atomic E-state index is -0.829. The number of halogens is 1. The standard InChI is InChI=1S/C32H35N3O.BrH/c1-25-34(21-11-14-26-12-5-2-6-13-26)22-23-35(25)30-20-19-29(24-30)32(31(33)36,27-15-7-3-8-16-27)28-17-9-4-10-18-28;/h2-10,12-13,15-18,22-23,29-30H,11,14,19-21,24H2,1H3,(H-,33,36);1H/t29-,30-;/m0./s1. The molecule has 0 bridgehead atoms. The summed E-state index contributed by atoms with van der Waals surface area (Å²) in [5.41, 5.74) is 8.83. The summed E-state index contributed by atoms with van der Waals surface area (Å²) < 4.78 is 4.79. The Morgan fingerprint density at radius 1 is 0.919 bits per heavy atom. The molecule has 0 radical (unpaired) electrons. The van der Waals surface area contributed by atoms with Gasteiger partial charge in [0.05, 0.1) is 6.54 Å². The highest BCUT2D eigenvalue weighted by atomic mass is 79.9. The molecule has 5 heteroatoms. The van der Waals surface area contributed by atoms with Crippen molar-refractivity contribution in [2.45, 2.75) is 57.0 Å². The lowest BCUT2D eigenvalue weighted by Crippen LogP contribution is -3.00. The van der Waals surface area contributed by atoms with E-state index in [2.05, 4.69) is 83.0 Å². The van der Waals surface area contributed by atoms with Crippen molar-refractivity contribution in [3.63, 3.8) is 0 Å². The molecule has 4 aromatic rings. The molecule has 3 aromatic carbocycles. The number of nitrogens with two attached hydrogens (primary N) is 1. The van der Waals surface area contributed by atoms with E-state index in [0.29, 0.717) is 6.04 Å². The molecule has 2 atom stereocenters. The number of primary amides is 1. The predicted octanol–water partition coefficient (Wildman–Crippen LogP) is 2.53. The minimum absolute atomic E-state index is 0. The minimum Gasteiger partial charge on any atom is -1.00 e. The second-order valence-corrected chi connectivity index (χ2v) is 10.1. The maximum absolute atomic E-state index is 13.4. The van der Waals surface area contributed by atoms with Crippen molar-refractivity contribution in [2.75, 3.05) is 0 Å². The largest absolute Gasteiger partial charge is 1.00 e. The number of imidazole rings is 1. The summed E-state index contributed by atoms with van der Waals surface area (Å²) in [7, 11) is 0. The van der Waals surface area contributed by atoms with Crippen LogP contribution in [-0.2, 0) is 23.2 Å². The number of aromatic nitrogens is 2. The average molecular weight is 559 g/mol. The second-order valence-electron chi connectivity index (χ2n) is 10.1. The van der Waals surface area contributed by atoms with Crippen molar-refractivity contribution in [2.24, 2.45) is 11.7 Å². The number of benzene rings is 3. The highest BCUT2D eigenvalue weighted by Gasteiger charge is 2.51. The molecule has 1 aromatic heterocycles. The van der Waals surface area contributed by atoms with Crippen LogP contribution >= 0.6 is 0 Å². The SMILES string of the molecule is Cc1n([C@H]2CC[C@H](C(C(N)=O)(c3ccccc3)c3ccccc3)C2)cc[n+]1CCCc1ccccc1.[Br-]. The molecular weight excluding hydrogens is 522 g/mol.